The smallest absolute Gasteiger partial charge is 0.256 e. The highest BCUT2D eigenvalue weighted by Gasteiger charge is 2.25. The molecule has 1 fully saturated rings. The molecule has 0 unspecified atom stereocenters. The van der Waals surface area contributed by atoms with E-state index in [1.807, 2.05) is 0 Å². The molecule has 1 saturated heterocycles. The number of anilines is 1. The van der Waals surface area contributed by atoms with E-state index in [1.54, 1.807) is 4.90 Å². The molecule has 2 amide bonds. The number of rotatable bonds is 3. The number of carbonyl (C=O) groups excluding carboxylic acids is 2. The zero-order valence-corrected chi connectivity index (χ0v) is 12.1. The normalized spacial score (nSPS) is 15.8. The van der Waals surface area contributed by atoms with E-state index in [0.29, 0.717) is 31.2 Å². The van der Waals surface area contributed by atoms with E-state index in [0.717, 1.165) is 12.8 Å². The lowest BCUT2D eigenvalue weighted by Crippen LogP contribution is -2.41. The first-order valence-electron chi connectivity index (χ1n) is 7.06. The van der Waals surface area contributed by atoms with Gasteiger partial charge in [0, 0.05) is 32.2 Å². The van der Waals surface area contributed by atoms with Crippen LogP contribution in [0.3, 0.4) is 0 Å². The summed E-state index contributed by atoms with van der Waals surface area (Å²) in [5.41, 5.74) is 6.01. The van der Waals surface area contributed by atoms with Crippen molar-refractivity contribution in [3.8, 4) is 0 Å². The molecular weight excluding hydrogens is 273 g/mol. The van der Waals surface area contributed by atoms with Crippen molar-refractivity contribution in [2.24, 2.45) is 5.92 Å². The van der Waals surface area contributed by atoms with E-state index >= 15 is 0 Å². The summed E-state index contributed by atoms with van der Waals surface area (Å²) in [6.45, 7) is 3.25. The van der Waals surface area contributed by atoms with Gasteiger partial charge in [-0.05, 0) is 37.0 Å². The highest BCUT2D eigenvalue weighted by molar-refractivity contribution is 5.95. The largest absolute Gasteiger partial charge is 0.399 e. The van der Waals surface area contributed by atoms with Crippen LogP contribution >= 0.6 is 0 Å². The Morgan fingerprint density at radius 2 is 2.05 bits per heavy atom. The number of nitrogens with one attached hydrogen (secondary N) is 1. The molecule has 0 spiro atoms. The Morgan fingerprint density at radius 1 is 1.38 bits per heavy atom. The molecule has 2 rings (SSSR count). The Labute approximate surface area is 123 Å². The van der Waals surface area contributed by atoms with Gasteiger partial charge in [0.25, 0.3) is 5.91 Å². The van der Waals surface area contributed by atoms with E-state index in [-0.39, 0.29) is 17.4 Å². The van der Waals surface area contributed by atoms with Gasteiger partial charge in [-0.25, -0.2) is 4.39 Å². The second-order valence-electron chi connectivity index (χ2n) is 5.41. The van der Waals surface area contributed by atoms with Crippen LogP contribution < -0.4 is 11.1 Å². The van der Waals surface area contributed by atoms with Gasteiger partial charge in [0.2, 0.25) is 5.91 Å². The van der Waals surface area contributed by atoms with Crippen LogP contribution in [0.25, 0.3) is 0 Å². The van der Waals surface area contributed by atoms with Crippen LogP contribution in [0.4, 0.5) is 10.1 Å². The van der Waals surface area contributed by atoms with Gasteiger partial charge in [-0.2, -0.15) is 0 Å². The SMILES string of the molecule is CC(=O)NCC1CCN(C(=O)c2cc(N)ccc2F)CC1. The number of benzene rings is 1. The summed E-state index contributed by atoms with van der Waals surface area (Å²) in [6.07, 6.45) is 1.60. The van der Waals surface area contributed by atoms with Gasteiger partial charge in [0.15, 0.2) is 0 Å². The van der Waals surface area contributed by atoms with Crippen molar-refractivity contribution in [3.05, 3.63) is 29.6 Å². The molecule has 3 N–H and O–H groups in total. The highest BCUT2D eigenvalue weighted by atomic mass is 19.1. The maximum atomic E-state index is 13.7. The molecule has 1 aromatic carbocycles. The average molecular weight is 293 g/mol. The fourth-order valence-electron chi connectivity index (χ4n) is 2.51. The molecule has 0 atom stereocenters. The van der Waals surface area contributed by atoms with Crippen molar-refractivity contribution in [2.45, 2.75) is 19.8 Å². The number of nitrogens with two attached hydrogens (primary N) is 1. The third-order valence-electron chi connectivity index (χ3n) is 3.76. The van der Waals surface area contributed by atoms with Crippen molar-refractivity contribution < 1.29 is 14.0 Å². The fraction of sp³-hybridized carbons (Fsp3) is 0.467. The molecule has 1 heterocycles. The minimum absolute atomic E-state index is 0.0234. The Hall–Kier alpha value is -2.11. The van der Waals surface area contributed by atoms with Gasteiger partial charge in [-0.3, -0.25) is 9.59 Å². The van der Waals surface area contributed by atoms with Crippen LogP contribution in [0.1, 0.15) is 30.1 Å². The van der Waals surface area contributed by atoms with Gasteiger partial charge in [0.05, 0.1) is 5.56 Å². The van der Waals surface area contributed by atoms with Crippen LogP contribution in [0.5, 0.6) is 0 Å². The summed E-state index contributed by atoms with van der Waals surface area (Å²) in [5.74, 6) is -0.550. The zero-order valence-electron chi connectivity index (χ0n) is 12.1. The summed E-state index contributed by atoms with van der Waals surface area (Å²) in [5, 5.41) is 2.79. The lowest BCUT2D eigenvalue weighted by Gasteiger charge is -2.32. The molecule has 1 aliphatic rings. The van der Waals surface area contributed by atoms with Crippen LogP contribution in [0.15, 0.2) is 18.2 Å². The highest BCUT2D eigenvalue weighted by Crippen LogP contribution is 2.20. The third kappa shape index (κ3) is 3.93. The Balaban J connectivity index is 1.94. The third-order valence-corrected chi connectivity index (χ3v) is 3.76. The van der Waals surface area contributed by atoms with Gasteiger partial charge >= 0.3 is 0 Å². The Kier molecular flexibility index (Phi) is 4.77. The summed E-state index contributed by atoms with van der Waals surface area (Å²) >= 11 is 0. The zero-order chi connectivity index (χ0) is 15.4. The van der Waals surface area contributed by atoms with Crippen LogP contribution in [-0.2, 0) is 4.79 Å². The first-order valence-corrected chi connectivity index (χ1v) is 7.06. The first kappa shape index (κ1) is 15.3. The molecule has 0 aliphatic carbocycles. The molecule has 5 nitrogen and oxygen atoms in total. The predicted octanol–water partition coefficient (Wildman–Crippen LogP) is 1.40. The molecule has 0 radical (unpaired) electrons. The van der Waals surface area contributed by atoms with Crippen molar-refractivity contribution in [2.75, 3.05) is 25.4 Å². The predicted molar refractivity (Wildman–Crippen MR) is 78.1 cm³/mol. The van der Waals surface area contributed by atoms with E-state index < -0.39 is 5.82 Å². The standard InChI is InChI=1S/C15H20FN3O2/c1-10(20)18-9-11-4-6-19(7-5-11)15(21)13-8-12(17)2-3-14(13)16/h2-3,8,11H,4-7,9,17H2,1H3,(H,18,20). The lowest BCUT2D eigenvalue weighted by molar-refractivity contribution is -0.119. The van der Waals surface area contributed by atoms with E-state index in [2.05, 4.69) is 5.32 Å². The second-order valence-corrected chi connectivity index (χ2v) is 5.41. The number of amides is 2. The number of halogens is 1. The summed E-state index contributed by atoms with van der Waals surface area (Å²) < 4.78 is 13.7. The van der Waals surface area contributed by atoms with Crippen LogP contribution in [0, 0.1) is 11.7 Å². The Morgan fingerprint density at radius 3 is 2.67 bits per heavy atom. The number of nitrogens with zero attached hydrogens (tertiary/aromatic N) is 1. The van der Waals surface area contributed by atoms with Gasteiger partial charge < -0.3 is 16.0 Å². The maximum absolute atomic E-state index is 13.7. The number of piperidine rings is 1. The van der Waals surface area contributed by atoms with Crippen LogP contribution in [0.2, 0.25) is 0 Å². The Bertz CT molecular complexity index is 540. The molecule has 0 bridgehead atoms. The first-order chi connectivity index (χ1) is 9.97. The molecule has 1 aromatic rings. The van der Waals surface area contributed by atoms with E-state index in [4.69, 9.17) is 5.73 Å². The van der Waals surface area contributed by atoms with Crippen molar-refractivity contribution in [1.82, 2.24) is 10.2 Å². The quantitative estimate of drug-likeness (QED) is 0.827. The number of likely N-dealkylation sites (tertiary alicyclic amines) is 1. The fourth-order valence-corrected chi connectivity index (χ4v) is 2.51. The molecule has 0 aromatic heterocycles. The van der Waals surface area contributed by atoms with Crippen LogP contribution in [-0.4, -0.2) is 36.3 Å². The molecule has 1 aliphatic heterocycles. The van der Waals surface area contributed by atoms with Gasteiger partial charge in [-0.15, -0.1) is 0 Å². The van der Waals surface area contributed by atoms with Crippen molar-refractivity contribution in [3.63, 3.8) is 0 Å². The summed E-state index contributed by atoms with van der Waals surface area (Å²) in [6, 6.07) is 4.03. The molecule has 0 saturated carbocycles. The molecular formula is C15H20FN3O2. The molecule has 6 heteroatoms. The van der Waals surface area contributed by atoms with E-state index in [1.165, 1.54) is 25.1 Å². The van der Waals surface area contributed by atoms with Crippen molar-refractivity contribution in [1.29, 1.82) is 0 Å². The minimum Gasteiger partial charge on any atom is -0.399 e. The lowest BCUT2D eigenvalue weighted by atomic mass is 9.96. The second kappa shape index (κ2) is 6.56. The number of hydrogen-bond donors (Lipinski definition) is 2. The van der Waals surface area contributed by atoms with Gasteiger partial charge in [-0.1, -0.05) is 0 Å². The van der Waals surface area contributed by atoms with Crippen molar-refractivity contribution >= 4 is 17.5 Å². The summed E-state index contributed by atoms with van der Waals surface area (Å²) in [7, 11) is 0. The topological polar surface area (TPSA) is 75.4 Å². The monoisotopic (exact) mass is 293 g/mol. The minimum atomic E-state index is -0.547. The number of carbonyl (C=O) groups is 2. The van der Waals surface area contributed by atoms with Gasteiger partial charge in [0.1, 0.15) is 5.82 Å². The maximum Gasteiger partial charge on any atom is 0.256 e. The van der Waals surface area contributed by atoms with E-state index in [9.17, 15) is 14.0 Å². The summed E-state index contributed by atoms with van der Waals surface area (Å²) in [4.78, 5) is 24.8. The number of hydrogen-bond acceptors (Lipinski definition) is 3. The average Bonchev–Trinajstić information content (AvgIpc) is 2.47. The molecule has 21 heavy (non-hydrogen) atoms. The molecule has 114 valence electrons. The number of nitrogen functional groups attached to an aromatic ring is 1.